The number of benzene rings is 3. The van der Waals surface area contributed by atoms with Crippen molar-refractivity contribution in [3.63, 3.8) is 0 Å². The van der Waals surface area contributed by atoms with Crippen molar-refractivity contribution in [2.75, 3.05) is 19.0 Å². The molecule has 1 heterocycles. The van der Waals surface area contributed by atoms with Crippen molar-refractivity contribution in [2.45, 2.75) is 24.8 Å². The number of nitrogens with one attached hydrogen (secondary N) is 2. The number of carbonyl (C=O) groups is 1. The van der Waals surface area contributed by atoms with Crippen LogP contribution in [-0.2, 0) is 6.42 Å². The summed E-state index contributed by atoms with van der Waals surface area (Å²) in [6.45, 7) is 0.609. The Kier molecular flexibility index (Phi) is 5.68. The summed E-state index contributed by atoms with van der Waals surface area (Å²) in [4.78, 5) is 13.2. The SMILES string of the molecule is COc1cccc(C2Nc3c(C(=O)NCCc4ccccc4)cccc3C3C=CCC32)c1. The normalized spacial score (nSPS) is 20.7. The molecule has 3 aromatic rings. The van der Waals surface area contributed by atoms with E-state index in [-0.39, 0.29) is 11.9 Å². The zero-order valence-electron chi connectivity index (χ0n) is 18.3. The molecule has 1 aliphatic heterocycles. The quantitative estimate of drug-likeness (QED) is 0.514. The predicted octanol–water partition coefficient (Wildman–Crippen LogP) is 5.49. The van der Waals surface area contributed by atoms with Crippen molar-refractivity contribution in [1.29, 1.82) is 0 Å². The molecule has 3 atom stereocenters. The molecule has 0 fully saturated rings. The van der Waals surface area contributed by atoms with Crippen LogP contribution < -0.4 is 15.4 Å². The van der Waals surface area contributed by atoms with Crippen LogP contribution in [0.4, 0.5) is 5.69 Å². The first-order chi connectivity index (χ1) is 15.7. The minimum atomic E-state index is -0.0323. The summed E-state index contributed by atoms with van der Waals surface area (Å²) in [5.41, 5.74) is 5.28. The van der Waals surface area contributed by atoms with Crippen LogP contribution in [0.5, 0.6) is 5.75 Å². The van der Waals surface area contributed by atoms with Gasteiger partial charge in [-0.25, -0.2) is 0 Å². The summed E-state index contributed by atoms with van der Waals surface area (Å²) in [5, 5.41) is 6.85. The number of rotatable bonds is 6. The summed E-state index contributed by atoms with van der Waals surface area (Å²) in [6.07, 6.45) is 6.40. The highest BCUT2D eigenvalue weighted by atomic mass is 16.5. The van der Waals surface area contributed by atoms with Gasteiger partial charge in [-0.15, -0.1) is 0 Å². The number of hydrogen-bond donors (Lipinski definition) is 2. The maximum absolute atomic E-state index is 13.2. The molecule has 0 radical (unpaired) electrons. The molecule has 3 aromatic carbocycles. The Morgan fingerprint density at radius 1 is 1.06 bits per heavy atom. The second-order valence-electron chi connectivity index (χ2n) is 8.51. The second kappa shape index (κ2) is 8.91. The van der Waals surface area contributed by atoms with Crippen molar-refractivity contribution in [2.24, 2.45) is 5.92 Å². The summed E-state index contributed by atoms with van der Waals surface area (Å²) < 4.78 is 5.46. The summed E-state index contributed by atoms with van der Waals surface area (Å²) in [7, 11) is 1.69. The molecular formula is C28H28N2O2. The number of fused-ring (bicyclic) bond motifs is 3. The molecule has 4 nitrogen and oxygen atoms in total. The van der Waals surface area contributed by atoms with Gasteiger partial charge in [-0.2, -0.15) is 0 Å². The van der Waals surface area contributed by atoms with Gasteiger partial charge >= 0.3 is 0 Å². The van der Waals surface area contributed by atoms with E-state index in [1.807, 2.05) is 42.5 Å². The van der Waals surface area contributed by atoms with Crippen LogP contribution in [0.1, 0.15) is 45.4 Å². The van der Waals surface area contributed by atoms with E-state index in [2.05, 4.69) is 53.1 Å². The third kappa shape index (κ3) is 3.89. The lowest BCUT2D eigenvalue weighted by Crippen LogP contribution is -2.32. The Morgan fingerprint density at radius 3 is 2.75 bits per heavy atom. The maximum Gasteiger partial charge on any atom is 0.253 e. The van der Waals surface area contributed by atoms with E-state index in [4.69, 9.17) is 4.74 Å². The number of hydrogen-bond acceptors (Lipinski definition) is 3. The van der Waals surface area contributed by atoms with Crippen molar-refractivity contribution in [1.82, 2.24) is 5.32 Å². The minimum absolute atomic E-state index is 0.0323. The number of amides is 1. The lowest BCUT2D eigenvalue weighted by atomic mass is 9.76. The Labute approximate surface area is 189 Å². The Morgan fingerprint density at radius 2 is 1.91 bits per heavy atom. The first-order valence-electron chi connectivity index (χ1n) is 11.3. The minimum Gasteiger partial charge on any atom is -0.497 e. The first kappa shape index (κ1) is 20.4. The molecule has 4 heteroatoms. The molecule has 1 amide bonds. The van der Waals surface area contributed by atoms with Crippen molar-refractivity contribution in [3.05, 3.63) is 107 Å². The van der Waals surface area contributed by atoms with Gasteiger partial charge < -0.3 is 15.4 Å². The molecule has 1 aliphatic carbocycles. The fourth-order valence-electron chi connectivity index (χ4n) is 5.04. The summed E-state index contributed by atoms with van der Waals surface area (Å²) >= 11 is 0. The van der Waals surface area contributed by atoms with Gasteiger partial charge in [0, 0.05) is 12.5 Å². The lowest BCUT2D eigenvalue weighted by Gasteiger charge is -2.38. The van der Waals surface area contributed by atoms with Crippen LogP contribution in [0.25, 0.3) is 0 Å². The highest BCUT2D eigenvalue weighted by Gasteiger charge is 2.39. The van der Waals surface area contributed by atoms with Crippen LogP contribution in [0.2, 0.25) is 0 Å². The fourth-order valence-corrected chi connectivity index (χ4v) is 5.04. The zero-order chi connectivity index (χ0) is 21.9. The van der Waals surface area contributed by atoms with E-state index >= 15 is 0 Å². The maximum atomic E-state index is 13.2. The molecule has 0 saturated heterocycles. The van der Waals surface area contributed by atoms with E-state index in [0.717, 1.165) is 24.3 Å². The number of methoxy groups -OCH3 is 1. The van der Waals surface area contributed by atoms with Crippen LogP contribution in [0, 0.1) is 5.92 Å². The van der Waals surface area contributed by atoms with Gasteiger partial charge in [-0.3, -0.25) is 4.79 Å². The van der Waals surface area contributed by atoms with Crippen molar-refractivity contribution < 1.29 is 9.53 Å². The average Bonchev–Trinajstić information content (AvgIpc) is 3.34. The highest BCUT2D eigenvalue weighted by molar-refractivity contribution is 6.00. The van der Waals surface area contributed by atoms with Crippen LogP contribution in [0.15, 0.2) is 84.9 Å². The molecule has 2 N–H and O–H groups in total. The molecule has 0 aromatic heterocycles. The van der Waals surface area contributed by atoms with Gasteiger partial charge in [0.2, 0.25) is 0 Å². The number of anilines is 1. The third-order valence-electron chi connectivity index (χ3n) is 6.64. The van der Waals surface area contributed by atoms with E-state index < -0.39 is 0 Å². The third-order valence-corrected chi connectivity index (χ3v) is 6.64. The number of ether oxygens (including phenoxy) is 1. The smallest absolute Gasteiger partial charge is 0.253 e. The molecule has 5 rings (SSSR count). The van der Waals surface area contributed by atoms with E-state index in [1.165, 1.54) is 16.7 Å². The van der Waals surface area contributed by atoms with Gasteiger partial charge in [0.25, 0.3) is 5.91 Å². The number of para-hydroxylation sites is 1. The molecule has 0 saturated carbocycles. The second-order valence-corrected chi connectivity index (χ2v) is 8.51. The predicted molar refractivity (Wildman–Crippen MR) is 128 cm³/mol. The lowest BCUT2D eigenvalue weighted by molar-refractivity contribution is 0.0954. The number of allylic oxidation sites excluding steroid dienone is 2. The van der Waals surface area contributed by atoms with Crippen LogP contribution >= 0.6 is 0 Å². The number of carbonyl (C=O) groups excluding carboxylic acids is 1. The van der Waals surface area contributed by atoms with E-state index in [0.29, 0.717) is 23.9 Å². The fraction of sp³-hybridized carbons (Fsp3) is 0.250. The largest absolute Gasteiger partial charge is 0.497 e. The van der Waals surface area contributed by atoms with Crippen molar-refractivity contribution >= 4 is 11.6 Å². The van der Waals surface area contributed by atoms with E-state index in [9.17, 15) is 4.79 Å². The van der Waals surface area contributed by atoms with Crippen LogP contribution in [0.3, 0.4) is 0 Å². The molecule has 162 valence electrons. The first-order valence-corrected chi connectivity index (χ1v) is 11.3. The monoisotopic (exact) mass is 424 g/mol. The van der Waals surface area contributed by atoms with Gasteiger partial charge in [0.15, 0.2) is 0 Å². The van der Waals surface area contributed by atoms with Gasteiger partial charge in [-0.1, -0.05) is 66.7 Å². The average molecular weight is 425 g/mol. The summed E-state index contributed by atoms with van der Waals surface area (Å²) in [5.74, 6) is 1.55. The molecular weight excluding hydrogens is 396 g/mol. The molecule has 2 aliphatic rings. The standard InChI is InChI=1S/C28H28N2O2/c1-32-21-11-5-10-20(18-21)26-23-13-6-12-22(23)24-14-7-15-25(27(24)30-26)28(31)29-17-16-19-8-3-2-4-9-19/h2-12,14-15,18,22-23,26,30H,13,16-17H2,1H3,(H,29,31). The van der Waals surface area contributed by atoms with Crippen LogP contribution in [-0.4, -0.2) is 19.6 Å². The molecule has 32 heavy (non-hydrogen) atoms. The van der Waals surface area contributed by atoms with Gasteiger partial charge in [0.05, 0.1) is 24.4 Å². The Bertz CT molecular complexity index is 1140. The van der Waals surface area contributed by atoms with E-state index in [1.54, 1.807) is 7.11 Å². The molecule has 0 spiro atoms. The topological polar surface area (TPSA) is 50.4 Å². The Balaban J connectivity index is 1.41. The van der Waals surface area contributed by atoms with Crippen molar-refractivity contribution in [3.8, 4) is 5.75 Å². The molecule has 3 unspecified atom stereocenters. The zero-order valence-corrected chi connectivity index (χ0v) is 18.3. The van der Waals surface area contributed by atoms with Gasteiger partial charge in [0.1, 0.15) is 5.75 Å². The highest BCUT2D eigenvalue weighted by Crippen LogP contribution is 2.50. The Hall–Kier alpha value is -3.53. The summed E-state index contributed by atoms with van der Waals surface area (Å²) in [6, 6.07) is 24.7. The van der Waals surface area contributed by atoms with Gasteiger partial charge in [-0.05, 0) is 53.6 Å². The molecule has 0 bridgehead atoms.